The van der Waals surface area contributed by atoms with Crippen LogP contribution in [0.4, 0.5) is 20.3 Å². The number of anilines is 2. The lowest BCUT2D eigenvalue weighted by Crippen LogP contribution is -2.32. The molecule has 1 aromatic carbocycles. The largest absolute Gasteiger partial charge is 0.376 e. The number of rotatable bonds is 5. The van der Waals surface area contributed by atoms with Gasteiger partial charge in [-0.05, 0) is 31.9 Å². The number of ether oxygens (including phenoxy) is 1. The third kappa shape index (κ3) is 4.48. The smallest absolute Gasteiger partial charge is 0.270 e. The number of amides is 1. The lowest BCUT2D eigenvalue weighted by molar-refractivity contribution is 0.0853. The van der Waals surface area contributed by atoms with Crippen LogP contribution in [-0.2, 0) is 4.74 Å². The summed E-state index contributed by atoms with van der Waals surface area (Å²) in [5.74, 6) is -1.53. The molecule has 1 unspecified atom stereocenters. The molecule has 0 aliphatic carbocycles. The van der Waals surface area contributed by atoms with Crippen molar-refractivity contribution in [3.05, 3.63) is 47.4 Å². The Labute approximate surface area is 143 Å². The van der Waals surface area contributed by atoms with Crippen molar-refractivity contribution < 1.29 is 18.3 Å². The van der Waals surface area contributed by atoms with Crippen LogP contribution >= 0.6 is 0 Å². The van der Waals surface area contributed by atoms with E-state index in [1.54, 1.807) is 6.92 Å². The molecule has 8 heteroatoms. The predicted molar refractivity (Wildman–Crippen MR) is 87.7 cm³/mol. The van der Waals surface area contributed by atoms with Gasteiger partial charge in [0.25, 0.3) is 5.91 Å². The quantitative estimate of drug-likeness (QED) is 0.869. The summed E-state index contributed by atoms with van der Waals surface area (Å²) in [5.41, 5.74) is 0.512. The number of aryl methyl sites for hydroxylation is 1. The summed E-state index contributed by atoms with van der Waals surface area (Å²) in [6.07, 6.45) is 1.95. The Bertz CT molecular complexity index is 779. The van der Waals surface area contributed by atoms with Crippen LogP contribution in [0.15, 0.2) is 24.3 Å². The maximum Gasteiger partial charge on any atom is 0.270 e. The second-order valence-electron chi connectivity index (χ2n) is 5.78. The Hall–Kier alpha value is -2.61. The SMILES string of the molecule is Cc1nc(Nc2ccc(F)c(F)c2)cc(C(=O)NCC2CCCO2)n1. The first-order valence-corrected chi connectivity index (χ1v) is 7.99. The summed E-state index contributed by atoms with van der Waals surface area (Å²) >= 11 is 0. The molecular formula is C17H18F2N4O2. The molecule has 0 saturated carbocycles. The van der Waals surface area contributed by atoms with Gasteiger partial charge in [0.2, 0.25) is 0 Å². The molecule has 0 radical (unpaired) electrons. The Morgan fingerprint density at radius 3 is 2.84 bits per heavy atom. The number of hydrogen-bond donors (Lipinski definition) is 2. The molecular weight excluding hydrogens is 330 g/mol. The summed E-state index contributed by atoms with van der Waals surface area (Å²) in [6.45, 7) is 2.79. The fourth-order valence-electron chi connectivity index (χ4n) is 2.57. The van der Waals surface area contributed by atoms with Crippen molar-refractivity contribution in [2.75, 3.05) is 18.5 Å². The topological polar surface area (TPSA) is 76.1 Å². The summed E-state index contributed by atoms with van der Waals surface area (Å²) < 4.78 is 31.7. The van der Waals surface area contributed by atoms with Crippen molar-refractivity contribution in [3.63, 3.8) is 0 Å². The van der Waals surface area contributed by atoms with E-state index in [0.717, 1.165) is 31.6 Å². The third-order valence-corrected chi connectivity index (χ3v) is 3.78. The second-order valence-corrected chi connectivity index (χ2v) is 5.78. The van der Waals surface area contributed by atoms with Crippen molar-refractivity contribution in [1.82, 2.24) is 15.3 Å². The van der Waals surface area contributed by atoms with E-state index in [9.17, 15) is 13.6 Å². The number of carbonyl (C=O) groups excluding carboxylic acids is 1. The van der Waals surface area contributed by atoms with Crippen LogP contribution in [0.3, 0.4) is 0 Å². The zero-order chi connectivity index (χ0) is 17.8. The van der Waals surface area contributed by atoms with Crippen LogP contribution in [-0.4, -0.2) is 35.1 Å². The molecule has 1 aromatic heterocycles. The van der Waals surface area contributed by atoms with Crippen LogP contribution in [0, 0.1) is 18.6 Å². The summed E-state index contributed by atoms with van der Waals surface area (Å²) in [6, 6.07) is 4.87. The van der Waals surface area contributed by atoms with E-state index < -0.39 is 11.6 Å². The minimum atomic E-state index is -0.967. The molecule has 2 heterocycles. The lowest BCUT2D eigenvalue weighted by Gasteiger charge is -2.12. The molecule has 1 atom stereocenters. The minimum absolute atomic E-state index is 0.0340. The first-order valence-electron chi connectivity index (χ1n) is 7.99. The van der Waals surface area contributed by atoms with E-state index in [1.165, 1.54) is 12.1 Å². The van der Waals surface area contributed by atoms with Crippen LogP contribution in [0.2, 0.25) is 0 Å². The highest BCUT2D eigenvalue weighted by Gasteiger charge is 2.18. The van der Waals surface area contributed by atoms with Crippen molar-refractivity contribution in [3.8, 4) is 0 Å². The van der Waals surface area contributed by atoms with Gasteiger partial charge in [0.1, 0.15) is 17.3 Å². The maximum absolute atomic E-state index is 13.3. The van der Waals surface area contributed by atoms with Gasteiger partial charge in [0.15, 0.2) is 11.6 Å². The number of aromatic nitrogens is 2. The Balaban J connectivity index is 1.70. The van der Waals surface area contributed by atoms with E-state index in [4.69, 9.17) is 4.74 Å². The standard InChI is InChI=1S/C17H18F2N4O2/c1-10-21-15(17(24)20-9-12-3-2-6-25-12)8-16(22-10)23-11-4-5-13(18)14(19)7-11/h4-5,7-8,12H,2-3,6,9H2,1H3,(H,20,24)(H,21,22,23). The molecule has 132 valence electrons. The second kappa shape index (κ2) is 7.52. The first kappa shape index (κ1) is 17.2. The lowest BCUT2D eigenvalue weighted by atomic mass is 10.2. The average Bonchev–Trinajstić information content (AvgIpc) is 3.09. The Kier molecular flexibility index (Phi) is 5.18. The molecule has 1 fully saturated rings. The average molecular weight is 348 g/mol. The molecule has 1 aliphatic rings. The number of nitrogens with zero attached hydrogens (tertiary/aromatic N) is 2. The van der Waals surface area contributed by atoms with Gasteiger partial charge in [-0.25, -0.2) is 18.7 Å². The first-order chi connectivity index (χ1) is 12.0. The normalized spacial score (nSPS) is 16.7. The molecule has 25 heavy (non-hydrogen) atoms. The fraction of sp³-hybridized carbons (Fsp3) is 0.353. The highest BCUT2D eigenvalue weighted by Crippen LogP contribution is 2.18. The molecule has 3 rings (SSSR count). The van der Waals surface area contributed by atoms with Crippen LogP contribution in [0.25, 0.3) is 0 Å². The van der Waals surface area contributed by atoms with Gasteiger partial charge in [-0.1, -0.05) is 0 Å². The predicted octanol–water partition coefficient (Wildman–Crippen LogP) is 2.72. The summed E-state index contributed by atoms with van der Waals surface area (Å²) in [4.78, 5) is 20.5. The molecule has 1 amide bonds. The zero-order valence-corrected chi connectivity index (χ0v) is 13.7. The number of nitrogens with one attached hydrogen (secondary N) is 2. The van der Waals surface area contributed by atoms with Gasteiger partial charge in [-0.3, -0.25) is 4.79 Å². The molecule has 1 saturated heterocycles. The van der Waals surface area contributed by atoms with Crippen molar-refractivity contribution in [1.29, 1.82) is 0 Å². The molecule has 0 bridgehead atoms. The number of benzene rings is 1. The van der Waals surface area contributed by atoms with Gasteiger partial charge in [0.05, 0.1) is 6.10 Å². The van der Waals surface area contributed by atoms with Crippen LogP contribution < -0.4 is 10.6 Å². The van der Waals surface area contributed by atoms with Crippen LogP contribution in [0.5, 0.6) is 0 Å². The highest BCUT2D eigenvalue weighted by atomic mass is 19.2. The Morgan fingerprint density at radius 2 is 2.12 bits per heavy atom. The monoisotopic (exact) mass is 348 g/mol. The van der Waals surface area contributed by atoms with E-state index in [1.807, 2.05) is 0 Å². The van der Waals surface area contributed by atoms with E-state index in [-0.39, 0.29) is 17.7 Å². The van der Waals surface area contributed by atoms with E-state index in [2.05, 4.69) is 20.6 Å². The zero-order valence-electron chi connectivity index (χ0n) is 13.7. The highest BCUT2D eigenvalue weighted by molar-refractivity contribution is 5.93. The molecule has 6 nitrogen and oxygen atoms in total. The molecule has 1 aliphatic heterocycles. The fourth-order valence-corrected chi connectivity index (χ4v) is 2.57. The molecule has 2 aromatic rings. The summed E-state index contributed by atoms with van der Waals surface area (Å²) in [5, 5.41) is 5.63. The van der Waals surface area contributed by atoms with Gasteiger partial charge in [-0.15, -0.1) is 0 Å². The molecule has 2 N–H and O–H groups in total. The number of hydrogen-bond acceptors (Lipinski definition) is 5. The van der Waals surface area contributed by atoms with E-state index >= 15 is 0 Å². The van der Waals surface area contributed by atoms with Crippen LogP contribution in [0.1, 0.15) is 29.2 Å². The maximum atomic E-state index is 13.3. The van der Waals surface area contributed by atoms with Gasteiger partial charge >= 0.3 is 0 Å². The summed E-state index contributed by atoms with van der Waals surface area (Å²) in [7, 11) is 0. The van der Waals surface area contributed by atoms with Gasteiger partial charge in [0, 0.05) is 31.0 Å². The van der Waals surface area contributed by atoms with Gasteiger partial charge < -0.3 is 15.4 Å². The Morgan fingerprint density at radius 1 is 1.28 bits per heavy atom. The van der Waals surface area contributed by atoms with Crippen molar-refractivity contribution in [2.24, 2.45) is 0 Å². The number of carbonyl (C=O) groups is 1. The molecule has 0 spiro atoms. The minimum Gasteiger partial charge on any atom is -0.376 e. The third-order valence-electron chi connectivity index (χ3n) is 3.78. The van der Waals surface area contributed by atoms with E-state index in [0.29, 0.717) is 23.9 Å². The number of halogens is 2. The van der Waals surface area contributed by atoms with Gasteiger partial charge in [-0.2, -0.15) is 0 Å². The van der Waals surface area contributed by atoms with Crippen molar-refractivity contribution >= 4 is 17.4 Å². The van der Waals surface area contributed by atoms with Crippen molar-refractivity contribution in [2.45, 2.75) is 25.9 Å².